The summed E-state index contributed by atoms with van der Waals surface area (Å²) in [6.07, 6.45) is 21.6. The zero-order chi connectivity index (χ0) is 23.5. The third-order valence-electron chi connectivity index (χ3n) is 9.98. The van der Waals surface area contributed by atoms with Crippen LogP contribution in [0.25, 0.3) is 0 Å². The molecule has 4 fully saturated rings. The molecule has 8 atom stereocenters. The van der Waals surface area contributed by atoms with Gasteiger partial charge in [-0.15, -0.1) is 0 Å². The quantitative estimate of drug-likeness (QED) is 0.174. The molecular formula is C27H44N4O2. The van der Waals surface area contributed by atoms with Gasteiger partial charge in [0.1, 0.15) is 6.61 Å². The highest BCUT2D eigenvalue weighted by atomic mass is 16.6. The van der Waals surface area contributed by atoms with E-state index in [9.17, 15) is 5.11 Å². The summed E-state index contributed by atoms with van der Waals surface area (Å²) in [5.74, 6) is 4.09. The Bertz CT molecular complexity index is 789. The molecule has 4 saturated carbocycles. The first-order valence-corrected chi connectivity index (χ1v) is 13.1. The molecule has 0 aromatic rings. The van der Waals surface area contributed by atoms with E-state index in [1.54, 1.807) is 6.21 Å². The van der Waals surface area contributed by atoms with Gasteiger partial charge < -0.3 is 21.4 Å². The number of aliphatic imine (C=N–C) groups is 1. The number of fused-ring (bicyclic) bond motifs is 5. The van der Waals surface area contributed by atoms with Crippen LogP contribution in [0.5, 0.6) is 0 Å². The zero-order valence-corrected chi connectivity index (χ0v) is 20.5. The molecule has 0 saturated heterocycles. The minimum absolute atomic E-state index is 0.0520. The van der Waals surface area contributed by atoms with E-state index in [-0.39, 0.29) is 12.1 Å². The summed E-state index contributed by atoms with van der Waals surface area (Å²) in [6.45, 7) is 5.92. The lowest BCUT2D eigenvalue weighted by molar-refractivity contribution is -0.124. The predicted octanol–water partition coefficient (Wildman–Crippen LogP) is 4.39. The minimum atomic E-state index is -0.0520. The fourth-order valence-corrected chi connectivity index (χ4v) is 8.25. The second kappa shape index (κ2) is 10.2. The summed E-state index contributed by atoms with van der Waals surface area (Å²) in [4.78, 5) is 8.96. The van der Waals surface area contributed by atoms with Crippen molar-refractivity contribution in [2.24, 2.45) is 62.0 Å². The molecular weight excluding hydrogens is 412 g/mol. The lowest BCUT2D eigenvalue weighted by atomic mass is 9.44. The van der Waals surface area contributed by atoms with Crippen LogP contribution in [0.1, 0.15) is 71.6 Å². The molecule has 0 spiro atoms. The van der Waals surface area contributed by atoms with Crippen LogP contribution in [0.3, 0.4) is 0 Å². The Morgan fingerprint density at radius 2 is 1.76 bits per heavy atom. The van der Waals surface area contributed by atoms with Gasteiger partial charge in [-0.3, -0.25) is 0 Å². The molecule has 184 valence electrons. The number of guanidine groups is 1. The lowest BCUT2D eigenvalue weighted by Gasteiger charge is -2.60. The summed E-state index contributed by atoms with van der Waals surface area (Å²) in [5.41, 5.74) is 11.4. The Kier molecular flexibility index (Phi) is 7.52. The highest BCUT2D eigenvalue weighted by Crippen LogP contribution is 2.67. The molecule has 0 aliphatic heterocycles. The molecule has 33 heavy (non-hydrogen) atoms. The molecule has 0 heterocycles. The minimum Gasteiger partial charge on any atom is -0.394 e. The number of hydrogen-bond donors (Lipinski definition) is 3. The third kappa shape index (κ3) is 5.01. The van der Waals surface area contributed by atoms with Crippen molar-refractivity contribution in [2.75, 3.05) is 13.2 Å². The van der Waals surface area contributed by atoms with Gasteiger partial charge in [-0.1, -0.05) is 37.2 Å². The Balaban J connectivity index is 1.31. The van der Waals surface area contributed by atoms with Crippen LogP contribution >= 0.6 is 0 Å². The van der Waals surface area contributed by atoms with Crippen molar-refractivity contribution in [3.63, 3.8) is 0 Å². The van der Waals surface area contributed by atoms with Crippen LogP contribution < -0.4 is 11.5 Å². The van der Waals surface area contributed by atoms with Crippen LogP contribution in [-0.4, -0.2) is 36.5 Å². The van der Waals surface area contributed by atoms with Crippen LogP contribution in [0.4, 0.5) is 0 Å². The highest BCUT2D eigenvalue weighted by Gasteiger charge is 2.59. The molecule has 0 aromatic carbocycles. The Labute approximate surface area is 199 Å². The van der Waals surface area contributed by atoms with E-state index in [1.165, 1.54) is 44.9 Å². The summed E-state index contributed by atoms with van der Waals surface area (Å²) >= 11 is 0. The molecule has 0 aromatic heterocycles. The van der Waals surface area contributed by atoms with Gasteiger partial charge in [-0.2, -0.15) is 0 Å². The van der Waals surface area contributed by atoms with Crippen LogP contribution in [0.15, 0.2) is 34.5 Å². The first kappa shape index (κ1) is 24.3. The van der Waals surface area contributed by atoms with Crippen LogP contribution in [-0.2, 0) is 4.84 Å². The maximum Gasteiger partial charge on any atom is 0.186 e. The van der Waals surface area contributed by atoms with Gasteiger partial charge in [0.05, 0.1) is 18.9 Å². The van der Waals surface area contributed by atoms with Crippen LogP contribution in [0, 0.1) is 40.4 Å². The van der Waals surface area contributed by atoms with Crippen molar-refractivity contribution < 1.29 is 9.94 Å². The predicted molar refractivity (Wildman–Crippen MR) is 135 cm³/mol. The Morgan fingerprint density at radius 3 is 2.58 bits per heavy atom. The number of allylic oxidation sites excluding steroid dienone is 4. The zero-order valence-electron chi connectivity index (χ0n) is 20.5. The van der Waals surface area contributed by atoms with E-state index in [2.05, 4.69) is 36.1 Å². The van der Waals surface area contributed by atoms with Gasteiger partial charge >= 0.3 is 0 Å². The van der Waals surface area contributed by atoms with Gasteiger partial charge in [-0.25, -0.2) is 4.99 Å². The van der Waals surface area contributed by atoms with E-state index in [1.807, 2.05) is 12.2 Å². The van der Waals surface area contributed by atoms with Gasteiger partial charge in [-0.05, 0) is 104 Å². The first-order valence-electron chi connectivity index (χ1n) is 13.1. The summed E-state index contributed by atoms with van der Waals surface area (Å²) in [5, 5.41) is 14.1. The Hall–Kier alpha value is -1.82. The maximum atomic E-state index is 10.2. The van der Waals surface area contributed by atoms with Gasteiger partial charge in [0, 0.05) is 0 Å². The molecule has 5 N–H and O–H groups in total. The van der Waals surface area contributed by atoms with E-state index >= 15 is 0 Å². The molecule has 4 aliphatic carbocycles. The van der Waals surface area contributed by atoms with E-state index in [0.29, 0.717) is 29.9 Å². The second-order valence-corrected chi connectivity index (χ2v) is 11.5. The topological polar surface area (TPSA) is 106 Å². The number of rotatable bonds is 7. The van der Waals surface area contributed by atoms with Crippen molar-refractivity contribution in [3.8, 4) is 0 Å². The molecule has 4 aliphatic rings. The SMILES string of the molecule is C[C@]12CC[C@H](O)C[C@H]1CC[C@@H]1[C@@H]2CC[C@]2(C)[C@@H](/C=C/C=C/C=N/OCCN=C(N)N)CC[C@@H]12. The number of hydrogen-bond acceptors (Lipinski definition) is 4. The van der Waals surface area contributed by atoms with Gasteiger partial charge in [0.15, 0.2) is 5.96 Å². The van der Waals surface area contributed by atoms with Gasteiger partial charge in [0.2, 0.25) is 0 Å². The Morgan fingerprint density at radius 1 is 0.970 bits per heavy atom. The van der Waals surface area contributed by atoms with Crippen molar-refractivity contribution in [1.82, 2.24) is 0 Å². The standard InChI is InChI=1S/C27H44N4O2/c1-26-14-12-24-22(9-7-20-18-21(32)11-13-27(20,24)2)23(26)10-8-19(26)6-4-3-5-15-31-33-17-16-30-25(28)29/h3-6,15,19-24,32H,7-14,16-18H2,1-2H3,(H4,28,29,30)/b5-3+,6-4+,31-15+/t19-,20+,21-,22-,23-,24-,26+,27-/m0/s1. The second-order valence-electron chi connectivity index (χ2n) is 11.5. The average molecular weight is 457 g/mol. The highest BCUT2D eigenvalue weighted by molar-refractivity contribution is 5.75. The van der Waals surface area contributed by atoms with Crippen molar-refractivity contribution in [2.45, 2.75) is 77.7 Å². The first-order chi connectivity index (χ1) is 15.8. The maximum absolute atomic E-state index is 10.2. The number of aliphatic hydroxyl groups excluding tert-OH is 1. The molecule has 0 radical (unpaired) electrons. The summed E-state index contributed by atoms with van der Waals surface area (Å²) in [6, 6.07) is 0. The van der Waals surface area contributed by atoms with Gasteiger partial charge in [0.25, 0.3) is 0 Å². The number of nitrogens with zero attached hydrogens (tertiary/aromatic N) is 2. The molecule has 0 amide bonds. The van der Waals surface area contributed by atoms with Crippen LogP contribution in [0.2, 0.25) is 0 Å². The molecule has 4 rings (SSSR count). The van der Waals surface area contributed by atoms with Crippen molar-refractivity contribution in [3.05, 3.63) is 24.3 Å². The molecule has 0 bridgehead atoms. The fourth-order valence-electron chi connectivity index (χ4n) is 8.25. The third-order valence-corrected chi connectivity index (χ3v) is 9.98. The fraction of sp³-hybridized carbons (Fsp3) is 0.778. The van der Waals surface area contributed by atoms with E-state index in [4.69, 9.17) is 16.3 Å². The molecule has 6 heteroatoms. The lowest BCUT2D eigenvalue weighted by Crippen LogP contribution is -2.53. The molecule has 6 nitrogen and oxygen atoms in total. The molecule has 0 unspecified atom stereocenters. The van der Waals surface area contributed by atoms with E-state index in [0.717, 1.165) is 36.5 Å². The van der Waals surface area contributed by atoms with E-state index < -0.39 is 0 Å². The largest absolute Gasteiger partial charge is 0.394 e. The number of oxime groups is 1. The number of nitrogens with two attached hydrogens (primary N) is 2. The monoisotopic (exact) mass is 456 g/mol. The average Bonchev–Trinajstić information content (AvgIpc) is 3.11. The van der Waals surface area contributed by atoms with Crippen molar-refractivity contribution >= 4 is 12.2 Å². The number of aliphatic hydroxyl groups is 1. The van der Waals surface area contributed by atoms with Crippen molar-refractivity contribution in [1.29, 1.82) is 0 Å². The summed E-state index contributed by atoms with van der Waals surface area (Å²) < 4.78 is 0. The normalized spacial score (nSPS) is 42.9. The summed E-state index contributed by atoms with van der Waals surface area (Å²) in [7, 11) is 0. The smallest absolute Gasteiger partial charge is 0.186 e.